The molecule has 1 aromatic carbocycles. The molecule has 112 valence electrons. The van der Waals surface area contributed by atoms with Gasteiger partial charge in [-0.25, -0.2) is 9.97 Å². The molecule has 0 fully saturated rings. The molecule has 2 aromatic rings. The van der Waals surface area contributed by atoms with Crippen LogP contribution in [0.4, 0.5) is 11.6 Å². The van der Waals surface area contributed by atoms with Crippen molar-refractivity contribution in [3.63, 3.8) is 0 Å². The molecule has 2 rings (SSSR count). The third kappa shape index (κ3) is 4.08. The van der Waals surface area contributed by atoms with Gasteiger partial charge in [0.15, 0.2) is 0 Å². The average Bonchev–Trinajstić information content (AvgIpc) is 2.47. The Morgan fingerprint density at radius 1 is 1.14 bits per heavy atom. The Kier molecular flexibility index (Phi) is 4.98. The smallest absolute Gasteiger partial charge is 0.132 e. The molecule has 0 amide bonds. The van der Waals surface area contributed by atoms with E-state index in [4.69, 9.17) is 4.74 Å². The van der Waals surface area contributed by atoms with Gasteiger partial charge in [0, 0.05) is 18.7 Å². The molecule has 1 aromatic heterocycles. The molecule has 0 aliphatic rings. The maximum Gasteiger partial charge on any atom is 0.132 e. The molecule has 0 radical (unpaired) electrons. The zero-order valence-corrected chi connectivity index (χ0v) is 13.0. The van der Waals surface area contributed by atoms with E-state index in [0.29, 0.717) is 0 Å². The SMILES string of the molecule is CCNc1cc(NC(C)c2ccc(OC)cc2)nc(C)n1. The van der Waals surface area contributed by atoms with E-state index in [1.54, 1.807) is 7.11 Å². The fourth-order valence-corrected chi connectivity index (χ4v) is 2.11. The average molecular weight is 286 g/mol. The van der Waals surface area contributed by atoms with Crippen LogP contribution in [0.25, 0.3) is 0 Å². The van der Waals surface area contributed by atoms with Crippen LogP contribution in [0, 0.1) is 6.92 Å². The number of hydrogen-bond acceptors (Lipinski definition) is 5. The number of aryl methyl sites for hydroxylation is 1. The molecular formula is C16H22N4O. The van der Waals surface area contributed by atoms with Crippen molar-refractivity contribution in [1.29, 1.82) is 0 Å². The van der Waals surface area contributed by atoms with Gasteiger partial charge in [-0.1, -0.05) is 12.1 Å². The van der Waals surface area contributed by atoms with Crippen molar-refractivity contribution in [3.05, 3.63) is 41.7 Å². The molecule has 21 heavy (non-hydrogen) atoms. The quantitative estimate of drug-likeness (QED) is 0.852. The highest BCUT2D eigenvalue weighted by Crippen LogP contribution is 2.21. The summed E-state index contributed by atoms with van der Waals surface area (Å²) in [4.78, 5) is 8.78. The molecule has 0 aliphatic heterocycles. The van der Waals surface area contributed by atoms with Crippen molar-refractivity contribution >= 4 is 11.6 Å². The topological polar surface area (TPSA) is 59.1 Å². The van der Waals surface area contributed by atoms with Gasteiger partial charge in [-0.15, -0.1) is 0 Å². The summed E-state index contributed by atoms with van der Waals surface area (Å²) in [5, 5.41) is 6.61. The molecule has 0 bridgehead atoms. The van der Waals surface area contributed by atoms with Crippen LogP contribution in [0.5, 0.6) is 5.75 Å². The summed E-state index contributed by atoms with van der Waals surface area (Å²) >= 11 is 0. The third-order valence-electron chi connectivity index (χ3n) is 3.18. The second-order valence-corrected chi connectivity index (χ2v) is 4.86. The van der Waals surface area contributed by atoms with E-state index in [1.165, 1.54) is 5.56 Å². The van der Waals surface area contributed by atoms with E-state index in [-0.39, 0.29) is 6.04 Å². The van der Waals surface area contributed by atoms with Gasteiger partial charge in [0.25, 0.3) is 0 Å². The Morgan fingerprint density at radius 3 is 2.43 bits per heavy atom. The highest BCUT2D eigenvalue weighted by molar-refractivity contribution is 5.48. The van der Waals surface area contributed by atoms with Crippen molar-refractivity contribution in [2.45, 2.75) is 26.8 Å². The second-order valence-electron chi connectivity index (χ2n) is 4.86. The molecule has 1 atom stereocenters. The normalized spacial score (nSPS) is 11.8. The van der Waals surface area contributed by atoms with Gasteiger partial charge in [-0.05, 0) is 38.5 Å². The lowest BCUT2D eigenvalue weighted by Crippen LogP contribution is -2.10. The zero-order valence-electron chi connectivity index (χ0n) is 13.0. The van der Waals surface area contributed by atoms with Gasteiger partial charge in [-0.3, -0.25) is 0 Å². The monoisotopic (exact) mass is 286 g/mol. The number of methoxy groups -OCH3 is 1. The summed E-state index contributed by atoms with van der Waals surface area (Å²) in [6, 6.07) is 10.1. The first kappa shape index (κ1) is 15.1. The minimum atomic E-state index is 0.152. The van der Waals surface area contributed by atoms with E-state index in [2.05, 4.69) is 39.7 Å². The Balaban J connectivity index is 2.12. The van der Waals surface area contributed by atoms with Gasteiger partial charge < -0.3 is 15.4 Å². The molecule has 1 heterocycles. The molecule has 0 spiro atoms. The highest BCUT2D eigenvalue weighted by Gasteiger charge is 2.08. The lowest BCUT2D eigenvalue weighted by Gasteiger charge is -2.16. The number of anilines is 2. The molecular weight excluding hydrogens is 264 g/mol. The largest absolute Gasteiger partial charge is 0.497 e. The number of nitrogens with zero attached hydrogens (tertiary/aromatic N) is 2. The number of ether oxygens (including phenoxy) is 1. The lowest BCUT2D eigenvalue weighted by molar-refractivity contribution is 0.414. The summed E-state index contributed by atoms with van der Waals surface area (Å²) in [5.74, 6) is 3.27. The Labute approximate surface area is 125 Å². The predicted octanol–water partition coefficient (Wildman–Crippen LogP) is 3.40. The van der Waals surface area contributed by atoms with Gasteiger partial charge in [-0.2, -0.15) is 0 Å². The number of nitrogens with one attached hydrogen (secondary N) is 2. The fourth-order valence-electron chi connectivity index (χ4n) is 2.11. The highest BCUT2D eigenvalue weighted by atomic mass is 16.5. The maximum absolute atomic E-state index is 5.18. The predicted molar refractivity (Wildman–Crippen MR) is 86.0 cm³/mol. The van der Waals surface area contributed by atoms with Crippen molar-refractivity contribution < 1.29 is 4.74 Å². The standard InChI is InChI=1S/C16H22N4O/c1-5-17-15-10-16(20-12(3)19-15)18-11(2)13-6-8-14(21-4)9-7-13/h6-11H,5H2,1-4H3,(H2,17,18,19,20). The fraction of sp³-hybridized carbons (Fsp3) is 0.375. The summed E-state index contributed by atoms with van der Waals surface area (Å²) < 4.78 is 5.18. The number of benzene rings is 1. The van der Waals surface area contributed by atoms with Gasteiger partial charge in [0.2, 0.25) is 0 Å². The summed E-state index contributed by atoms with van der Waals surface area (Å²) in [6.07, 6.45) is 0. The van der Waals surface area contributed by atoms with Crippen LogP contribution in [-0.2, 0) is 0 Å². The van der Waals surface area contributed by atoms with Crippen molar-refractivity contribution in [2.24, 2.45) is 0 Å². The van der Waals surface area contributed by atoms with E-state index in [9.17, 15) is 0 Å². The molecule has 0 aliphatic carbocycles. The zero-order chi connectivity index (χ0) is 15.2. The molecule has 2 N–H and O–H groups in total. The van der Waals surface area contributed by atoms with Crippen LogP contribution in [-0.4, -0.2) is 23.6 Å². The van der Waals surface area contributed by atoms with Gasteiger partial charge in [0.1, 0.15) is 23.2 Å². The van der Waals surface area contributed by atoms with E-state index < -0.39 is 0 Å². The first-order valence-corrected chi connectivity index (χ1v) is 7.12. The first-order chi connectivity index (χ1) is 10.1. The first-order valence-electron chi connectivity index (χ1n) is 7.12. The lowest BCUT2D eigenvalue weighted by atomic mass is 10.1. The molecule has 0 saturated heterocycles. The summed E-state index contributed by atoms with van der Waals surface area (Å²) in [6.45, 7) is 6.88. The van der Waals surface area contributed by atoms with E-state index >= 15 is 0 Å². The number of hydrogen-bond donors (Lipinski definition) is 2. The Hall–Kier alpha value is -2.30. The van der Waals surface area contributed by atoms with E-state index in [1.807, 2.05) is 32.0 Å². The van der Waals surface area contributed by atoms with Gasteiger partial charge >= 0.3 is 0 Å². The minimum Gasteiger partial charge on any atom is -0.497 e. The maximum atomic E-state index is 5.18. The minimum absolute atomic E-state index is 0.152. The molecule has 5 heteroatoms. The van der Waals surface area contributed by atoms with Crippen molar-refractivity contribution in [3.8, 4) is 5.75 Å². The van der Waals surface area contributed by atoms with Crippen LogP contribution in [0.1, 0.15) is 31.3 Å². The van der Waals surface area contributed by atoms with Gasteiger partial charge in [0.05, 0.1) is 7.11 Å². The van der Waals surface area contributed by atoms with E-state index in [0.717, 1.165) is 29.8 Å². The summed E-state index contributed by atoms with van der Waals surface area (Å²) in [7, 11) is 1.67. The van der Waals surface area contributed by atoms with Crippen LogP contribution in [0.3, 0.4) is 0 Å². The Morgan fingerprint density at radius 2 is 1.81 bits per heavy atom. The molecule has 0 saturated carbocycles. The van der Waals surface area contributed by atoms with Crippen LogP contribution >= 0.6 is 0 Å². The van der Waals surface area contributed by atoms with Crippen molar-refractivity contribution in [1.82, 2.24) is 9.97 Å². The summed E-state index contributed by atoms with van der Waals surface area (Å²) in [5.41, 5.74) is 1.18. The van der Waals surface area contributed by atoms with Crippen LogP contribution in [0.2, 0.25) is 0 Å². The molecule has 1 unspecified atom stereocenters. The van der Waals surface area contributed by atoms with Crippen molar-refractivity contribution in [2.75, 3.05) is 24.3 Å². The second kappa shape index (κ2) is 6.92. The third-order valence-corrected chi connectivity index (χ3v) is 3.18. The number of rotatable bonds is 6. The molecule has 5 nitrogen and oxygen atoms in total. The Bertz CT molecular complexity index is 583. The number of aromatic nitrogens is 2. The van der Waals surface area contributed by atoms with Crippen LogP contribution < -0.4 is 15.4 Å². The van der Waals surface area contributed by atoms with Crippen LogP contribution in [0.15, 0.2) is 30.3 Å².